The van der Waals surface area contributed by atoms with Crippen LogP contribution in [0.25, 0.3) is 11.1 Å². The van der Waals surface area contributed by atoms with E-state index in [4.69, 9.17) is 11.6 Å². The van der Waals surface area contributed by atoms with Crippen LogP contribution < -0.4 is 0 Å². The molecule has 4 aromatic rings. The number of halogens is 1. The van der Waals surface area contributed by atoms with Crippen molar-refractivity contribution < 1.29 is 24.2 Å². The fourth-order valence-electron chi connectivity index (χ4n) is 5.20. The molecule has 44 heavy (non-hydrogen) atoms. The van der Waals surface area contributed by atoms with Gasteiger partial charge < -0.3 is 0 Å². The van der Waals surface area contributed by atoms with Crippen LogP contribution in [-0.4, -0.2) is 4.21 Å². The Morgan fingerprint density at radius 1 is 0.750 bits per heavy atom. The zero-order chi connectivity index (χ0) is 32.9. The van der Waals surface area contributed by atoms with Crippen molar-refractivity contribution in [3.8, 4) is 11.1 Å². The molecule has 0 nitrogen and oxygen atoms in total. The van der Waals surface area contributed by atoms with E-state index in [9.17, 15) is 0 Å². The Morgan fingerprint density at radius 2 is 1.30 bits per heavy atom. The van der Waals surface area contributed by atoms with Crippen LogP contribution in [0.4, 0.5) is 0 Å². The molecule has 0 N–H and O–H groups in total. The van der Waals surface area contributed by atoms with Gasteiger partial charge in [-0.15, -0.1) is 34.7 Å². The summed E-state index contributed by atoms with van der Waals surface area (Å²) in [7, 11) is 0. The second-order valence-corrected chi connectivity index (χ2v) is 13.4. The third kappa shape index (κ3) is 11.7. The minimum atomic E-state index is 0.163. The van der Waals surface area contributed by atoms with Crippen molar-refractivity contribution in [2.45, 2.75) is 86.0 Å². The first-order valence-electron chi connectivity index (χ1n) is 15.1. The predicted octanol–water partition coefficient (Wildman–Crippen LogP) is 11.5. The molecule has 0 unspecified atom stereocenters. The van der Waals surface area contributed by atoms with E-state index in [1.54, 1.807) is 24.3 Å². The quantitative estimate of drug-likeness (QED) is 0.143. The van der Waals surface area contributed by atoms with Gasteiger partial charge in [0.25, 0.3) is 0 Å². The summed E-state index contributed by atoms with van der Waals surface area (Å²) in [4.78, 5) is 0. The monoisotopic (exact) mass is 676 g/mol. The summed E-state index contributed by atoms with van der Waals surface area (Å²) >= 11 is 6.82. The summed E-state index contributed by atoms with van der Waals surface area (Å²) in [6, 6.07) is 31.8. The molecular formula is C42H47ClZr-4. The molecule has 230 valence electrons. The first kappa shape index (κ1) is 37.6. The van der Waals surface area contributed by atoms with E-state index in [0.29, 0.717) is 0 Å². The van der Waals surface area contributed by atoms with Crippen LogP contribution in [0.3, 0.4) is 0 Å². The number of benzene rings is 4. The molecule has 0 radical (unpaired) electrons. The Balaban J connectivity index is 0.000000258. The molecule has 6 rings (SSSR count). The molecule has 2 heteroatoms. The van der Waals surface area contributed by atoms with Crippen LogP contribution in [0.15, 0.2) is 85.0 Å². The van der Waals surface area contributed by atoms with Crippen LogP contribution in [0.5, 0.6) is 0 Å². The van der Waals surface area contributed by atoms with Crippen LogP contribution in [0.2, 0.25) is 5.02 Å². The van der Waals surface area contributed by atoms with Gasteiger partial charge in [0.1, 0.15) is 0 Å². The van der Waals surface area contributed by atoms with Gasteiger partial charge >= 0.3 is 28.4 Å². The molecule has 0 atom stereocenters. The van der Waals surface area contributed by atoms with Crippen molar-refractivity contribution in [2.24, 2.45) is 0 Å². The Kier molecular flexibility index (Phi) is 15.2. The summed E-state index contributed by atoms with van der Waals surface area (Å²) in [5.74, 6) is 0. The van der Waals surface area contributed by atoms with E-state index in [1.165, 1.54) is 74.3 Å². The van der Waals surface area contributed by atoms with Gasteiger partial charge in [-0.1, -0.05) is 83.5 Å². The predicted molar refractivity (Wildman–Crippen MR) is 189 cm³/mol. The maximum absolute atomic E-state index is 5.52. The topological polar surface area (TPSA) is 0 Å². The summed E-state index contributed by atoms with van der Waals surface area (Å²) < 4.78 is 3.34. The van der Waals surface area contributed by atoms with Crippen molar-refractivity contribution in [3.63, 3.8) is 0 Å². The second kappa shape index (κ2) is 17.8. The van der Waals surface area contributed by atoms with Crippen molar-refractivity contribution in [1.29, 1.82) is 0 Å². The van der Waals surface area contributed by atoms with E-state index in [2.05, 4.69) is 115 Å². The average Bonchev–Trinajstić information content (AvgIpc) is 3.65. The molecule has 0 saturated carbocycles. The van der Waals surface area contributed by atoms with E-state index in [0.717, 1.165) is 17.9 Å². The third-order valence-corrected chi connectivity index (χ3v) is 7.48. The molecule has 0 amide bonds. The molecular weight excluding hydrogens is 631 g/mol. The van der Waals surface area contributed by atoms with Crippen molar-refractivity contribution >= 4 is 15.8 Å². The summed E-state index contributed by atoms with van der Waals surface area (Å²) in [5, 5.41) is 0.763. The molecule has 0 bridgehead atoms. The van der Waals surface area contributed by atoms with Gasteiger partial charge in [0.05, 0.1) is 0 Å². The number of hydrogen-bond donors (Lipinski definition) is 0. The Bertz CT molecular complexity index is 1400. The first-order chi connectivity index (χ1) is 20.8. The van der Waals surface area contributed by atoms with Crippen molar-refractivity contribution in [1.82, 2.24) is 0 Å². The van der Waals surface area contributed by atoms with Crippen molar-refractivity contribution in [2.75, 3.05) is 0 Å². The zero-order valence-corrected chi connectivity index (χ0v) is 31.3. The Hall–Kier alpha value is -2.60. The fraction of sp³-hybridized carbons (Fsp3) is 0.310. The molecule has 2 aliphatic carbocycles. The van der Waals surface area contributed by atoms with Gasteiger partial charge in [0.2, 0.25) is 0 Å². The van der Waals surface area contributed by atoms with Gasteiger partial charge in [-0.3, -0.25) is 6.08 Å². The maximum atomic E-state index is 5.52. The standard InChI is InChI=1S/C23H29.C7H7.C6H4Cl.C5H5.CH2.Zr/c1-14-9-16-11-17-10-15(2)21(23(6,7)8)13-19(17)18(16)12-20(14)22(3,4)5;1-7-5-3-2-4-6-7;7-6-4-2-1-3-5-6;1-2-4-5-3-1;;/h9,12-13H,11H2,1-8H3;3-6H,1H3;2-5H;1-3H,4H2;1H2;/q4*-1;;. The number of hydrogen-bond acceptors (Lipinski definition) is 0. The number of allylic oxidation sites excluding steroid dienone is 4. The van der Waals surface area contributed by atoms with Crippen LogP contribution in [0, 0.1) is 45.0 Å². The van der Waals surface area contributed by atoms with Crippen LogP contribution >= 0.6 is 11.6 Å². The van der Waals surface area contributed by atoms with Crippen LogP contribution in [-0.2, 0) is 41.5 Å². The van der Waals surface area contributed by atoms with Gasteiger partial charge in [0, 0.05) is 0 Å². The van der Waals surface area contributed by atoms with Crippen LogP contribution in [0.1, 0.15) is 86.9 Å². The van der Waals surface area contributed by atoms with Gasteiger partial charge in [-0.2, -0.15) is 90.0 Å². The Morgan fingerprint density at radius 3 is 1.68 bits per heavy atom. The summed E-state index contributed by atoms with van der Waals surface area (Å²) in [5.41, 5.74) is 12.9. The van der Waals surface area contributed by atoms with Gasteiger partial charge in [-0.05, 0) is 35.4 Å². The summed E-state index contributed by atoms with van der Waals surface area (Å²) in [6.07, 6.45) is 11.0. The first-order valence-corrected chi connectivity index (χ1v) is 17.2. The number of rotatable bonds is 0. The number of aryl methyl sites for hydroxylation is 3. The SMILES string of the molecule is Cc1[c-]c2c(cc1C(C)(C)C)-c1cc(C(C)(C)C)c(C)cc1C2.Cc1cc[c-]cc1.Clc1cc[c-]cc1.[C-]1=CC=CC1.[CH2]=[Zr]. The molecule has 0 aromatic heterocycles. The minimum absolute atomic E-state index is 0.163. The Labute approximate surface area is 288 Å². The zero-order valence-electron chi connectivity index (χ0n) is 28.1. The fourth-order valence-corrected chi connectivity index (χ4v) is 5.33. The average molecular weight is 679 g/mol. The molecule has 0 saturated heterocycles. The second-order valence-electron chi connectivity index (χ2n) is 13.0. The molecule has 4 aromatic carbocycles. The molecule has 0 spiro atoms. The van der Waals surface area contributed by atoms with E-state index in [-0.39, 0.29) is 10.8 Å². The summed E-state index contributed by atoms with van der Waals surface area (Å²) in [6.45, 7) is 20.3. The molecule has 0 heterocycles. The van der Waals surface area contributed by atoms with Gasteiger partial charge in [-0.25, -0.2) is 12.2 Å². The van der Waals surface area contributed by atoms with E-state index in [1.807, 2.05) is 36.4 Å². The normalized spacial score (nSPS) is 12.1. The van der Waals surface area contributed by atoms with Crippen molar-refractivity contribution in [3.05, 3.63) is 153 Å². The molecule has 2 aliphatic rings. The van der Waals surface area contributed by atoms with E-state index < -0.39 is 0 Å². The molecule has 0 fully saturated rings. The number of fused-ring (bicyclic) bond motifs is 3. The van der Waals surface area contributed by atoms with Gasteiger partial charge in [0.15, 0.2) is 0 Å². The third-order valence-electron chi connectivity index (χ3n) is 7.23. The van der Waals surface area contributed by atoms with E-state index >= 15 is 0 Å². The molecule has 0 aliphatic heterocycles.